The largest absolute Gasteiger partial charge is 0.493 e. The number of nitrogens with one attached hydrogen (secondary N) is 1. The van der Waals surface area contributed by atoms with Crippen molar-refractivity contribution < 1.29 is 14.2 Å². The summed E-state index contributed by atoms with van der Waals surface area (Å²) in [5.41, 5.74) is 3.55. The van der Waals surface area contributed by atoms with Crippen LogP contribution in [0.1, 0.15) is 23.1 Å². The van der Waals surface area contributed by atoms with Crippen LogP contribution in [-0.2, 0) is 17.9 Å². The second-order valence-electron chi connectivity index (χ2n) is 7.37. The molecule has 0 unspecified atom stereocenters. The first kappa shape index (κ1) is 22.1. The van der Waals surface area contributed by atoms with Gasteiger partial charge in [-0.3, -0.25) is 4.90 Å². The number of hydrogen-bond donors (Lipinski definition) is 1. The number of methoxy groups -OCH3 is 1. The van der Waals surface area contributed by atoms with Crippen molar-refractivity contribution in [2.75, 3.05) is 46.5 Å². The Labute approximate surface area is 182 Å². The predicted molar refractivity (Wildman–Crippen MR) is 120 cm³/mol. The van der Waals surface area contributed by atoms with Gasteiger partial charge in [0.1, 0.15) is 6.61 Å². The normalized spacial score (nSPS) is 14.7. The first-order chi connectivity index (χ1) is 14.2. The summed E-state index contributed by atoms with van der Waals surface area (Å²) in [6.07, 6.45) is 1.13. The molecule has 0 spiro atoms. The van der Waals surface area contributed by atoms with Crippen LogP contribution in [0.15, 0.2) is 40.9 Å². The number of hydrogen-bond acceptors (Lipinski definition) is 5. The number of morpholine rings is 1. The molecule has 0 aliphatic carbocycles. The summed E-state index contributed by atoms with van der Waals surface area (Å²) in [6, 6.07) is 12.5. The molecule has 1 aliphatic rings. The lowest BCUT2D eigenvalue weighted by Crippen LogP contribution is -2.37. The van der Waals surface area contributed by atoms with Crippen molar-refractivity contribution in [1.29, 1.82) is 0 Å². The van der Waals surface area contributed by atoms with E-state index in [1.165, 1.54) is 11.1 Å². The van der Waals surface area contributed by atoms with E-state index in [-0.39, 0.29) is 0 Å². The lowest BCUT2D eigenvalue weighted by Gasteiger charge is -2.26. The van der Waals surface area contributed by atoms with E-state index in [1.54, 1.807) is 7.11 Å². The first-order valence-corrected chi connectivity index (χ1v) is 11.0. The molecule has 5 nitrogen and oxygen atoms in total. The van der Waals surface area contributed by atoms with Crippen molar-refractivity contribution in [3.05, 3.63) is 57.6 Å². The molecule has 1 N–H and O–H groups in total. The van der Waals surface area contributed by atoms with Crippen molar-refractivity contribution >= 4 is 15.9 Å². The third kappa shape index (κ3) is 7.00. The molecule has 2 aromatic carbocycles. The van der Waals surface area contributed by atoms with Crippen LogP contribution in [0.4, 0.5) is 0 Å². The molecule has 0 aromatic heterocycles. The third-order valence-corrected chi connectivity index (χ3v) is 5.64. The highest BCUT2D eigenvalue weighted by Gasteiger charge is 2.13. The first-order valence-electron chi connectivity index (χ1n) is 10.2. The molecule has 6 heteroatoms. The Morgan fingerprint density at radius 1 is 1.10 bits per heavy atom. The highest BCUT2D eigenvalue weighted by Crippen LogP contribution is 2.37. The summed E-state index contributed by atoms with van der Waals surface area (Å²) in [7, 11) is 1.68. The van der Waals surface area contributed by atoms with Gasteiger partial charge in [0.05, 0.1) is 24.8 Å². The van der Waals surface area contributed by atoms with Gasteiger partial charge in [-0.1, -0.05) is 29.8 Å². The summed E-state index contributed by atoms with van der Waals surface area (Å²) < 4.78 is 17.9. The van der Waals surface area contributed by atoms with Gasteiger partial charge in [-0.25, -0.2) is 0 Å². The van der Waals surface area contributed by atoms with Crippen molar-refractivity contribution in [3.8, 4) is 11.5 Å². The van der Waals surface area contributed by atoms with Crippen LogP contribution < -0.4 is 14.8 Å². The smallest absolute Gasteiger partial charge is 0.175 e. The van der Waals surface area contributed by atoms with Crippen molar-refractivity contribution in [1.82, 2.24) is 10.2 Å². The van der Waals surface area contributed by atoms with Gasteiger partial charge in [0, 0.05) is 19.6 Å². The summed E-state index contributed by atoms with van der Waals surface area (Å²) in [5, 5.41) is 3.53. The second kappa shape index (κ2) is 11.6. The number of nitrogens with zero attached hydrogens (tertiary/aromatic N) is 1. The molecule has 2 aromatic rings. The molecule has 0 bridgehead atoms. The van der Waals surface area contributed by atoms with E-state index in [1.807, 2.05) is 6.07 Å². The van der Waals surface area contributed by atoms with E-state index in [2.05, 4.69) is 63.4 Å². The SMILES string of the molecule is COc1cc(CNCCCN2CCOCC2)cc(Br)c1OCc1ccc(C)cc1. The van der Waals surface area contributed by atoms with Gasteiger partial charge in [-0.05, 0) is 65.6 Å². The summed E-state index contributed by atoms with van der Waals surface area (Å²) in [5.74, 6) is 1.49. The molecule has 0 atom stereocenters. The van der Waals surface area contributed by atoms with Crippen LogP contribution in [0.3, 0.4) is 0 Å². The highest BCUT2D eigenvalue weighted by molar-refractivity contribution is 9.10. The minimum atomic E-state index is 0.508. The minimum Gasteiger partial charge on any atom is -0.493 e. The van der Waals surface area contributed by atoms with Gasteiger partial charge >= 0.3 is 0 Å². The van der Waals surface area contributed by atoms with Gasteiger partial charge < -0.3 is 19.5 Å². The second-order valence-corrected chi connectivity index (χ2v) is 8.22. The fraction of sp³-hybridized carbons (Fsp3) is 0.478. The van der Waals surface area contributed by atoms with E-state index in [4.69, 9.17) is 14.2 Å². The summed E-state index contributed by atoms with van der Waals surface area (Å²) in [4.78, 5) is 2.46. The quantitative estimate of drug-likeness (QED) is 0.537. The number of halogens is 1. The number of aryl methyl sites for hydroxylation is 1. The van der Waals surface area contributed by atoms with Gasteiger partial charge in [0.2, 0.25) is 0 Å². The molecule has 3 rings (SSSR count). The fourth-order valence-corrected chi connectivity index (χ4v) is 3.94. The van der Waals surface area contributed by atoms with Crippen LogP contribution in [0.2, 0.25) is 0 Å². The van der Waals surface area contributed by atoms with Crippen molar-refractivity contribution in [2.45, 2.75) is 26.5 Å². The molecule has 1 saturated heterocycles. The molecule has 0 radical (unpaired) electrons. The average Bonchev–Trinajstić information content (AvgIpc) is 2.74. The summed E-state index contributed by atoms with van der Waals surface area (Å²) >= 11 is 3.65. The zero-order valence-corrected chi connectivity index (χ0v) is 19.0. The van der Waals surface area contributed by atoms with Gasteiger partial charge in [-0.2, -0.15) is 0 Å². The minimum absolute atomic E-state index is 0.508. The molecular weight excluding hydrogens is 432 g/mol. The van der Waals surface area contributed by atoms with Crippen LogP contribution in [0.5, 0.6) is 11.5 Å². The van der Waals surface area contributed by atoms with E-state index in [0.717, 1.165) is 73.9 Å². The van der Waals surface area contributed by atoms with E-state index in [0.29, 0.717) is 6.61 Å². The monoisotopic (exact) mass is 462 g/mol. The van der Waals surface area contributed by atoms with Crippen molar-refractivity contribution in [3.63, 3.8) is 0 Å². The van der Waals surface area contributed by atoms with E-state index < -0.39 is 0 Å². The molecule has 0 amide bonds. The number of rotatable bonds is 10. The maximum atomic E-state index is 6.04. The van der Waals surface area contributed by atoms with Crippen LogP contribution in [-0.4, -0.2) is 51.4 Å². The zero-order chi connectivity index (χ0) is 20.5. The number of ether oxygens (including phenoxy) is 3. The standard InChI is InChI=1S/C23H31BrN2O3/c1-18-4-6-19(7-5-18)17-29-23-21(24)14-20(15-22(23)27-2)16-25-8-3-9-26-10-12-28-13-11-26/h4-7,14-15,25H,3,8-13,16-17H2,1-2H3. The zero-order valence-electron chi connectivity index (χ0n) is 17.4. The topological polar surface area (TPSA) is 43.0 Å². The van der Waals surface area contributed by atoms with E-state index in [9.17, 15) is 0 Å². The molecular formula is C23H31BrN2O3. The number of benzene rings is 2. The third-order valence-electron chi connectivity index (χ3n) is 5.05. The lowest BCUT2D eigenvalue weighted by atomic mass is 10.1. The van der Waals surface area contributed by atoms with Gasteiger partial charge in [-0.15, -0.1) is 0 Å². The molecule has 1 heterocycles. The maximum absolute atomic E-state index is 6.04. The molecule has 29 heavy (non-hydrogen) atoms. The molecule has 1 aliphatic heterocycles. The Hall–Kier alpha value is -1.60. The van der Waals surface area contributed by atoms with Crippen LogP contribution >= 0.6 is 15.9 Å². The Balaban J connectivity index is 1.48. The van der Waals surface area contributed by atoms with Crippen LogP contribution in [0, 0.1) is 6.92 Å². The Kier molecular flexibility index (Phi) is 8.80. The molecule has 0 saturated carbocycles. The Morgan fingerprint density at radius 2 is 1.86 bits per heavy atom. The Morgan fingerprint density at radius 3 is 2.59 bits per heavy atom. The average molecular weight is 463 g/mol. The van der Waals surface area contributed by atoms with E-state index >= 15 is 0 Å². The van der Waals surface area contributed by atoms with Crippen molar-refractivity contribution in [2.24, 2.45) is 0 Å². The maximum Gasteiger partial charge on any atom is 0.175 e. The molecule has 158 valence electrons. The lowest BCUT2D eigenvalue weighted by molar-refractivity contribution is 0.0374. The predicted octanol–water partition coefficient (Wildman–Crippen LogP) is 4.16. The Bertz CT molecular complexity index is 761. The molecule has 1 fully saturated rings. The van der Waals surface area contributed by atoms with Gasteiger partial charge in [0.25, 0.3) is 0 Å². The van der Waals surface area contributed by atoms with Gasteiger partial charge in [0.15, 0.2) is 11.5 Å². The van der Waals surface area contributed by atoms with Crippen LogP contribution in [0.25, 0.3) is 0 Å². The fourth-order valence-electron chi connectivity index (χ4n) is 3.34. The summed E-state index contributed by atoms with van der Waals surface area (Å²) in [6.45, 7) is 9.32. The highest BCUT2D eigenvalue weighted by atomic mass is 79.9.